The van der Waals surface area contributed by atoms with E-state index in [9.17, 15) is 27.8 Å². The Morgan fingerprint density at radius 1 is 0.771 bits per heavy atom. The molecule has 194 valence electrons. The Bertz CT molecular complexity index is 801. The van der Waals surface area contributed by atoms with Crippen LogP contribution < -0.4 is 9.47 Å². The maximum Gasteiger partial charge on any atom is 0.387 e. The minimum Gasteiger partial charge on any atom is -0.435 e. The number of hydrogen-bond acceptors (Lipinski definition) is 5. The number of aliphatic hydroxyl groups is 2. The van der Waals surface area contributed by atoms with Gasteiger partial charge in [-0.05, 0) is 73.9 Å². The summed E-state index contributed by atoms with van der Waals surface area (Å²) in [7, 11) is 0. The number of piperidine rings is 1. The smallest absolute Gasteiger partial charge is 0.387 e. The first kappa shape index (κ1) is 27.2. The number of hydrogen-bond donors (Lipinski definition) is 2. The minimum atomic E-state index is -2.85. The Kier molecular flexibility index (Phi) is 10.6. The third-order valence-corrected chi connectivity index (χ3v) is 6.47. The highest BCUT2D eigenvalue weighted by molar-refractivity contribution is 5.28. The molecule has 2 aromatic carbocycles. The van der Waals surface area contributed by atoms with Crippen molar-refractivity contribution in [2.45, 2.75) is 76.4 Å². The average Bonchev–Trinajstić information content (AvgIpc) is 2.83. The number of alkyl halides is 4. The number of halogens is 4. The summed E-state index contributed by atoms with van der Waals surface area (Å²) in [6.07, 6.45) is 5.33. The lowest BCUT2D eigenvalue weighted by molar-refractivity contribution is -0.0505. The molecule has 0 amide bonds. The van der Waals surface area contributed by atoms with Crippen LogP contribution in [0.15, 0.2) is 48.5 Å². The zero-order chi connectivity index (χ0) is 25.2. The summed E-state index contributed by atoms with van der Waals surface area (Å²) in [6.45, 7) is -5.65. The normalized spacial score (nSPS) is 19.8. The predicted molar refractivity (Wildman–Crippen MR) is 124 cm³/mol. The second kappa shape index (κ2) is 13.7. The van der Waals surface area contributed by atoms with Crippen molar-refractivity contribution in [1.82, 2.24) is 4.90 Å². The zero-order valence-corrected chi connectivity index (χ0v) is 19.5. The summed E-state index contributed by atoms with van der Waals surface area (Å²) in [5.74, 6) is 0.256. The van der Waals surface area contributed by atoms with Gasteiger partial charge in [-0.3, -0.25) is 4.90 Å². The Labute approximate surface area is 203 Å². The van der Waals surface area contributed by atoms with Crippen LogP contribution in [-0.4, -0.2) is 59.7 Å². The summed E-state index contributed by atoms with van der Waals surface area (Å²) in [5, 5.41) is 19.6. The molecule has 3 atom stereocenters. The first-order chi connectivity index (χ1) is 16.8. The van der Waals surface area contributed by atoms with E-state index in [0.29, 0.717) is 6.54 Å². The van der Waals surface area contributed by atoms with Crippen molar-refractivity contribution in [2.75, 3.05) is 13.2 Å². The monoisotopic (exact) mass is 499 g/mol. The van der Waals surface area contributed by atoms with Crippen LogP contribution in [0.2, 0.25) is 0 Å². The van der Waals surface area contributed by atoms with Crippen molar-refractivity contribution in [3.8, 4) is 11.5 Å². The van der Waals surface area contributed by atoms with Gasteiger partial charge in [0.25, 0.3) is 0 Å². The highest BCUT2D eigenvalue weighted by Crippen LogP contribution is 2.30. The maximum atomic E-state index is 12.4. The summed E-state index contributed by atoms with van der Waals surface area (Å²) >= 11 is 0. The van der Waals surface area contributed by atoms with Crippen LogP contribution in [0.3, 0.4) is 0 Å². The topological polar surface area (TPSA) is 62.2 Å². The van der Waals surface area contributed by atoms with E-state index in [0.717, 1.165) is 56.1 Å². The Morgan fingerprint density at radius 2 is 1.20 bits per heavy atom. The number of likely N-dealkylation sites (tertiary alicyclic amines) is 1. The summed E-state index contributed by atoms with van der Waals surface area (Å²) < 4.78 is 58.3. The number of rotatable bonds is 13. The van der Waals surface area contributed by atoms with E-state index in [1.54, 1.807) is 24.3 Å². The molecule has 1 aliphatic rings. The van der Waals surface area contributed by atoms with Gasteiger partial charge in [0, 0.05) is 18.6 Å². The van der Waals surface area contributed by atoms with Crippen molar-refractivity contribution in [1.29, 1.82) is 0 Å². The molecule has 0 aliphatic carbocycles. The summed E-state index contributed by atoms with van der Waals surface area (Å²) in [4.78, 5) is 2.28. The van der Waals surface area contributed by atoms with Gasteiger partial charge in [0.05, 0.1) is 12.7 Å². The van der Waals surface area contributed by atoms with E-state index in [-0.39, 0.29) is 30.2 Å². The first-order valence-electron chi connectivity index (χ1n) is 12.0. The standard InChI is InChI=1S/C26H33F4NO4/c27-25(28)34-23-12-6-18(7-13-23)4-10-20-2-1-3-21(31(20)16-22(33)17-32)11-5-19-8-14-24(15-9-19)35-26(29)30/h6-9,12-15,20-22,25-26,32-33H,1-5,10-11,16-17H2/t20-,21+,22-/m1/s1. The second-order valence-corrected chi connectivity index (χ2v) is 8.89. The number of aliphatic hydroxyl groups excluding tert-OH is 2. The van der Waals surface area contributed by atoms with Gasteiger partial charge in [0.2, 0.25) is 0 Å². The number of nitrogens with zero attached hydrogens (tertiary/aromatic N) is 1. The van der Waals surface area contributed by atoms with Gasteiger partial charge in [0.1, 0.15) is 11.5 Å². The van der Waals surface area contributed by atoms with Crippen LogP contribution in [0.4, 0.5) is 17.6 Å². The fourth-order valence-corrected chi connectivity index (χ4v) is 4.78. The molecule has 5 nitrogen and oxygen atoms in total. The Morgan fingerprint density at radius 3 is 1.57 bits per heavy atom. The third-order valence-electron chi connectivity index (χ3n) is 6.47. The molecule has 0 unspecified atom stereocenters. The molecule has 0 spiro atoms. The molecule has 0 radical (unpaired) electrons. The van der Waals surface area contributed by atoms with Gasteiger partial charge in [0.15, 0.2) is 0 Å². The molecule has 1 aliphatic heterocycles. The van der Waals surface area contributed by atoms with Crippen LogP contribution in [0.25, 0.3) is 0 Å². The number of aryl methyl sites for hydroxylation is 2. The minimum absolute atomic E-state index is 0.128. The summed E-state index contributed by atoms with van der Waals surface area (Å²) in [5.41, 5.74) is 2.03. The molecule has 2 aromatic rings. The second-order valence-electron chi connectivity index (χ2n) is 8.89. The Hall–Kier alpha value is -2.36. The molecular formula is C26H33F4NO4. The van der Waals surface area contributed by atoms with Gasteiger partial charge in [-0.1, -0.05) is 30.7 Å². The molecule has 9 heteroatoms. The fourth-order valence-electron chi connectivity index (χ4n) is 4.78. The van der Waals surface area contributed by atoms with Gasteiger partial charge < -0.3 is 19.7 Å². The van der Waals surface area contributed by atoms with Gasteiger partial charge in [-0.15, -0.1) is 0 Å². The zero-order valence-electron chi connectivity index (χ0n) is 19.5. The van der Waals surface area contributed by atoms with Crippen molar-refractivity contribution in [3.05, 3.63) is 59.7 Å². The van der Waals surface area contributed by atoms with Crippen molar-refractivity contribution >= 4 is 0 Å². The van der Waals surface area contributed by atoms with E-state index in [4.69, 9.17) is 0 Å². The van der Waals surface area contributed by atoms with Gasteiger partial charge >= 0.3 is 13.2 Å². The molecule has 0 aromatic heterocycles. The quantitative estimate of drug-likeness (QED) is 0.379. The maximum absolute atomic E-state index is 12.4. The van der Waals surface area contributed by atoms with Crippen LogP contribution in [0.5, 0.6) is 11.5 Å². The van der Waals surface area contributed by atoms with Gasteiger partial charge in [-0.2, -0.15) is 17.6 Å². The SMILES string of the molecule is OC[C@H](O)CN1[C@@H](CCc2ccc(OC(F)F)cc2)CCC[C@H]1CCc1ccc(OC(F)F)cc1. The third kappa shape index (κ3) is 8.98. The summed E-state index contributed by atoms with van der Waals surface area (Å²) in [6, 6.07) is 13.7. The fraction of sp³-hybridized carbons (Fsp3) is 0.538. The van der Waals surface area contributed by atoms with Crippen LogP contribution in [-0.2, 0) is 12.8 Å². The van der Waals surface area contributed by atoms with Crippen molar-refractivity contribution in [3.63, 3.8) is 0 Å². The lowest BCUT2D eigenvalue weighted by Gasteiger charge is -2.43. The molecule has 0 bridgehead atoms. The van der Waals surface area contributed by atoms with E-state index in [1.165, 1.54) is 24.3 Å². The lowest BCUT2D eigenvalue weighted by Crippen LogP contribution is -2.50. The van der Waals surface area contributed by atoms with Crippen LogP contribution in [0, 0.1) is 0 Å². The Balaban J connectivity index is 1.60. The number of benzene rings is 2. The first-order valence-corrected chi connectivity index (χ1v) is 12.0. The lowest BCUT2D eigenvalue weighted by atomic mass is 9.88. The van der Waals surface area contributed by atoms with Crippen molar-refractivity contribution in [2.24, 2.45) is 0 Å². The largest absolute Gasteiger partial charge is 0.435 e. The number of ether oxygens (including phenoxy) is 2. The molecule has 0 saturated carbocycles. The molecule has 3 rings (SSSR count). The van der Waals surface area contributed by atoms with Gasteiger partial charge in [-0.25, -0.2) is 0 Å². The molecule has 1 heterocycles. The van der Waals surface area contributed by atoms with E-state index in [2.05, 4.69) is 14.4 Å². The highest BCUT2D eigenvalue weighted by Gasteiger charge is 2.31. The van der Waals surface area contributed by atoms with E-state index in [1.807, 2.05) is 0 Å². The number of β-amino-alcohol motifs (C(OH)–C–C–N with tert-alkyl or cyclic N) is 1. The van der Waals surface area contributed by atoms with E-state index < -0.39 is 19.3 Å². The molecule has 1 fully saturated rings. The molecule has 1 saturated heterocycles. The molecular weight excluding hydrogens is 466 g/mol. The van der Waals surface area contributed by atoms with E-state index >= 15 is 0 Å². The average molecular weight is 500 g/mol. The van der Waals surface area contributed by atoms with Crippen molar-refractivity contribution < 1.29 is 37.2 Å². The highest BCUT2D eigenvalue weighted by atomic mass is 19.3. The van der Waals surface area contributed by atoms with Crippen LogP contribution in [0.1, 0.15) is 43.2 Å². The predicted octanol–water partition coefficient (Wildman–Crippen LogP) is 5.03. The molecule has 35 heavy (non-hydrogen) atoms. The van der Waals surface area contributed by atoms with Crippen LogP contribution >= 0.6 is 0 Å². The molecule has 2 N–H and O–H groups in total.